The van der Waals surface area contributed by atoms with Gasteiger partial charge in [0.1, 0.15) is 0 Å². The number of imidazole rings is 1. The number of hydrogen-bond donors (Lipinski definition) is 0. The van der Waals surface area contributed by atoms with Gasteiger partial charge in [0.15, 0.2) is 0 Å². The summed E-state index contributed by atoms with van der Waals surface area (Å²) in [6.07, 6.45) is 5.94. The highest BCUT2D eigenvalue weighted by Gasteiger charge is 2.33. The van der Waals surface area contributed by atoms with Gasteiger partial charge in [0, 0.05) is 13.2 Å². The Balaban J connectivity index is 1.87. The summed E-state index contributed by atoms with van der Waals surface area (Å²) in [5, 5.41) is 0.243. The van der Waals surface area contributed by atoms with Gasteiger partial charge in [-0.05, 0) is 44.7 Å². The molecule has 3 rings (SSSR count). The third-order valence-electron chi connectivity index (χ3n) is 5.02. The average molecular weight is 356 g/mol. The molecule has 1 aliphatic carbocycles. The Morgan fingerprint density at radius 2 is 2.04 bits per heavy atom. The van der Waals surface area contributed by atoms with Gasteiger partial charge < -0.3 is 9.30 Å². The maximum absolute atomic E-state index is 12.8. The minimum atomic E-state index is -3.32. The van der Waals surface area contributed by atoms with Crippen LogP contribution in [-0.4, -0.2) is 54.4 Å². The van der Waals surface area contributed by atoms with Crippen molar-refractivity contribution in [3.8, 4) is 0 Å². The molecule has 1 saturated carbocycles. The monoisotopic (exact) mass is 355 g/mol. The van der Waals surface area contributed by atoms with Crippen molar-refractivity contribution in [2.45, 2.75) is 63.9 Å². The molecule has 6 nitrogen and oxygen atoms in total. The molecule has 1 aliphatic heterocycles. The zero-order valence-electron chi connectivity index (χ0n) is 14.8. The SMILES string of the molecule is CCN(CC)Cc1cnc(S(=O)(=O)CC2CC2)n1CC1CCCO1. The largest absolute Gasteiger partial charge is 0.376 e. The Morgan fingerprint density at radius 3 is 2.62 bits per heavy atom. The zero-order valence-corrected chi connectivity index (χ0v) is 15.6. The van der Waals surface area contributed by atoms with Gasteiger partial charge in [-0.2, -0.15) is 0 Å². The van der Waals surface area contributed by atoms with Crippen LogP contribution in [0.4, 0.5) is 0 Å². The fourth-order valence-electron chi connectivity index (χ4n) is 3.30. The normalized spacial score (nSPS) is 21.7. The van der Waals surface area contributed by atoms with Crippen LogP contribution in [0.25, 0.3) is 0 Å². The van der Waals surface area contributed by atoms with Crippen LogP contribution in [0.5, 0.6) is 0 Å². The lowest BCUT2D eigenvalue weighted by Crippen LogP contribution is -2.27. The summed E-state index contributed by atoms with van der Waals surface area (Å²) in [7, 11) is -3.32. The van der Waals surface area contributed by atoms with E-state index in [1.807, 2.05) is 4.57 Å². The Bertz CT molecular complexity index is 642. The Morgan fingerprint density at radius 1 is 1.29 bits per heavy atom. The molecule has 1 saturated heterocycles. The standard InChI is InChI=1S/C17H29N3O3S/c1-3-19(4-2)11-15-10-18-17(24(21,22)13-14-7-8-14)20(15)12-16-6-5-9-23-16/h10,14,16H,3-9,11-13H2,1-2H3. The molecule has 1 unspecified atom stereocenters. The van der Waals surface area contributed by atoms with Crippen LogP contribution in [0, 0.1) is 5.92 Å². The van der Waals surface area contributed by atoms with Crippen molar-refractivity contribution in [3.05, 3.63) is 11.9 Å². The second kappa shape index (κ2) is 7.54. The molecular weight excluding hydrogens is 326 g/mol. The highest BCUT2D eigenvalue weighted by atomic mass is 32.2. The van der Waals surface area contributed by atoms with Crippen LogP contribution < -0.4 is 0 Å². The van der Waals surface area contributed by atoms with E-state index < -0.39 is 9.84 Å². The first-order chi connectivity index (χ1) is 11.5. The smallest absolute Gasteiger partial charge is 0.227 e. The molecule has 0 N–H and O–H groups in total. The highest BCUT2D eigenvalue weighted by Crippen LogP contribution is 2.32. The van der Waals surface area contributed by atoms with Crippen molar-refractivity contribution >= 4 is 9.84 Å². The molecule has 0 amide bonds. The maximum Gasteiger partial charge on any atom is 0.227 e. The Kier molecular flexibility index (Phi) is 5.62. The van der Waals surface area contributed by atoms with Crippen molar-refractivity contribution in [1.29, 1.82) is 0 Å². The predicted molar refractivity (Wildman–Crippen MR) is 92.6 cm³/mol. The molecule has 1 aromatic rings. The van der Waals surface area contributed by atoms with E-state index >= 15 is 0 Å². The van der Waals surface area contributed by atoms with Crippen molar-refractivity contribution in [2.24, 2.45) is 5.92 Å². The number of hydrogen-bond acceptors (Lipinski definition) is 5. The van der Waals surface area contributed by atoms with Crippen LogP contribution in [0.1, 0.15) is 45.2 Å². The van der Waals surface area contributed by atoms with E-state index in [0.29, 0.717) is 12.5 Å². The van der Waals surface area contributed by atoms with E-state index in [4.69, 9.17) is 4.74 Å². The van der Waals surface area contributed by atoms with E-state index in [9.17, 15) is 8.42 Å². The van der Waals surface area contributed by atoms with Crippen LogP contribution >= 0.6 is 0 Å². The van der Waals surface area contributed by atoms with Crippen LogP contribution in [0.15, 0.2) is 11.4 Å². The molecule has 0 radical (unpaired) electrons. The predicted octanol–water partition coefficient (Wildman–Crippen LogP) is 2.09. The minimum absolute atomic E-state index is 0.101. The van der Waals surface area contributed by atoms with E-state index in [-0.39, 0.29) is 17.0 Å². The summed E-state index contributed by atoms with van der Waals surface area (Å²) >= 11 is 0. The molecule has 0 aromatic carbocycles. The third-order valence-corrected chi connectivity index (χ3v) is 6.81. The average Bonchev–Trinajstić information content (AvgIpc) is 3.05. The number of nitrogens with zero attached hydrogens (tertiary/aromatic N) is 3. The molecule has 2 fully saturated rings. The molecule has 2 heterocycles. The first-order valence-corrected chi connectivity index (χ1v) is 10.8. The number of aromatic nitrogens is 2. The lowest BCUT2D eigenvalue weighted by atomic mass is 10.2. The lowest BCUT2D eigenvalue weighted by Gasteiger charge is -2.21. The van der Waals surface area contributed by atoms with E-state index in [1.165, 1.54) is 0 Å². The second-order valence-corrected chi connectivity index (χ2v) is 8.89. The summed E-state index contributed by atoms with van der Waals surface area (Å²) in [5.41, 5.74) is 0.976. The van der Waals surface area contributed by atoms with Crippen LogP contribution in [0.2, 0.25) is 0 Å². The molecule has 0 bridgehead atoms. The summed E-state index contributed by atoms with van der Waals surface area (Å²) < 4.78 is 33.2. The fourth-order valence-corrected chi connectivity index (χ4v) is 5.14. The van der Waals surface area contributed by atoms with E-state index in [0.717, 1.165) is 57.6 Å². The van der Waals surface area contributed by atoms with Gasteiger partial charge in [-0.1, -0.05) is 13.8 Å². The molecule has 1 aromatic heterocycles. The maximum atomic E-state index is 12.8. The van der Waals surface area contributed by atoms with E-state index in [1.54, 1.807) is 6.20 Å². The molecule has 2 aliphatic rings. The zero-order chi connectivity index (χ0) is 17.2. The lowest BCUT2D eigenvalue weighted by molar-refractivity contribution is 0.0933. The molecule has 0 spiro atoms. The molecule has 1 atom stereocenters. The quantitative estimate of drug-likeness (QED) is 0.679. The van der Waals surface area contributed by atoms with Gasteiger partial charge in [-0.25, -0.2) is 13.4 Å². The summed E-state index contributed by atoms with van der Waals surface area (Å²) in [4.78, 5) is 6.60. The Hall–Kier alpha value is -0.920. The number of rotatable bonds is 9. The summed E-state index contributed by atoms with van der Waals surface area (Å²) in [6.45, 7) is 8.21. The Labute approximate surface area is 145 Å². The van der Waals surface area contributed by atoms with Crippen molar-refractivity contribution in [3.63, 3.8) is 0 Å². The first kappa shape index (κ1) is 17.9. The molecule has 136 valence electrons. The molecule has 24 heavy (non-hydrogen) atoms. The third kappa shape index (κ3) is 4.18. The van der Waals surface area contributed by atoms with Crippen molar-refractivity contribution in [1.82, 2.24) is 14.5 Å². The van der Waals surface area contributed by atoms with Crippen molar-refractivity contribution < 1.29 is 13.2 Å². The fraction of sp³-hybridized carbons (Fsp3) is 0.824. The first-order valence-electron chi connectivity index (χ1n) is 9.14. The summed E-state index contributed by atoms with van der Waals surface area (Å²) in [6, 6.07) is 0. The molecule has 7 heteroatoms. The van der Waals surface area contributed by atoms with Gasteiger partial charge in [0.2, 0.25) is 15.0 Å². The second-order valence-electron chi connectivity index (χ2n) is 6.96. The van der Waals surface area contributed by atoms with Gasteiger partial charge in [-0.3, -0.25) is 4.90 Å². The summed E-state index contributed by atoms with van der Waals surface area (Å²) in [5.74, 6) is 0.564. The van der Waals surface area contributed by atoms with Crippen LogP contribution in [0.3, 0.4) is 0 Å². The minimum Gasteiger partial charge on any atom is -0.376 e. The van der Waals surface area contributed by atoms with Crippen molar-refractivity contribution in [2.75, 3.05) is 25.4 Å². The van der Waals surface area contributed by atoms with Gasteiger partial charge in [-0.15, -0.1) is 0 Å². The van der Waals surface area contributed by atoms with Crippen LogP contribution in [-0.2, 0) is 27.7 Å². The van der Waals surface area contributed by atoms with Gasteiger partial charge >= 0.3 is 0 Å². The number of ether oxygens (including phenoxy) is 1. The van der Waals surface area contributed by atoms with E-state index in [2.05, 4.69) is 23.7 Å². The van der Waals surface area contributed by atoms with Gasteiger partial charge in [0.05, 0.1) is 30.3 Å². The van der Waals surface area contributed by atoms with Gasteiger partial charge in [0.25, 0.3) is 0 Å². The number of sulfone groups is 1. The molecular formula is C17H29N3O3S. The topological polar surface area (TPSA) is 64.4 Å². The highest BCUT2D eigenvalue weighted by molar-refractivity contribution is 7.91.